The normalized spacial score (nSPS) is 10.3. The highest BCUT2D eigenvalue weighted by Gasteiger charge is 2.11. The van der Waals surface area contributed by atoms with Gasteiger partial charge in [0, 0.05) is 15.7 Å². The Bertz CT molecular complexity index is 875. The number of carbonyl (C=O) groups excluding carboxylic acids is 1. The van der Waals surface area contributed by atoms with E-state index in [0.29, 0.717) is 6.42 Å². The van der Waals surface area contributed by atoms with E-state index < -0.39 is 0 Å². The van der Waals surface area contributed by atoms with Crippen molar-refractivity contribution in [2.45, 2.75) is 6.42 Å². The highest BCUT2D eigenvalue weighted by Crippen LogP contribution is 2.33. The largest absolute Gasteiger partial charge is 0.497 e. The molecule has 25 heavy (non-hydrogen) atoms. The Morgan fingerprint density at radius 1 is 0.920 bits per heavy atom. The lowest BCUT2D eigenvalue weighted by atomic mass is 10.0. The molecule has 0 heterocycles. The van der Waals surface area contributed by atoms with Gasteiger partial charge < -0.3 is 10.1 Å². The predicted molar refractivity (Wildman–Crippen MR) is 105 cm³/mol. The minimum absolute atomic E-state index is 0.0512. The van der Waals surface area contributed by atoms with E-state index in [-0.39, 0.29) is 5.91 Å². The monoisotopic (exact) mass is 395 g/mol. The number of hydrogen-bond donors (Lipinski definition) is 1. The van der Waals surface area contributed by atoms with Gasteiger partial charge in [-0.3, -0.25) is 4.79 Å². The molecule has 0 saturated heterocycles. The van der Waals surface area contributed by atoms with Crippen LogP contribution in [-0.2, 0) is 11.2 Å². The number of amides is 1. The first kappa shape index (κ1) is 17.2. The van der Waals surface area contributed by atoms with E-state index in [1.807, 2.05) is 72.8 Å². The molecule has 1 N–H and O–H groups in total. The minimum atomic E-state index is -0.0512. The molecule has 4 heteroatoms. The third-order valence-electron chi connectivity index (χ3n) is 3.89. The van der Waals surface area contributed by atoms with Crippen molar-refractivity contribution in [2.75, 3.05) is 12.4 Å². The van der Waals surface area contributed by atoms with Crippen LogP contribution in [0.5, 0.6) is 5.75 Å². The summed E-state index contributed by atoms with van der Waals surface area (Å²) in [5.41, 5.74) is 3.77. The molecule has 0 radical (unpaired) electrons. The third kappa shape index (κ3) is 4.28. The molecule has 0 aromatic heterocycles. The van der Waals surface area contributed by atoms with E-state index in [9.17, 15) is 4.79 Å². The van der Waals surface area contributed by atoms with Crippen LogP contribution in [0.3, 0.4) is 0 Å². The van der Waals surface area contributed by atoms with Gasteiger partial charge in [-0.1, -0.05) is 64.5 Å². The van der Waals surface area contributed by atoms with E-state index in [1.165, 1.54) is 0 Å². The molecule has 126 valence electrons. The molecule has 3 aromatic rings. The number of methoxy groups -OCH3 is 1. The van der Waals surface area contributed by atoms with Crippen LogP contribution in [0, 0.1) is 0 Å². The summed E-state index contributed by atoms with van der Waals surface area (Å²) in [6, 6.07) is 23.3. The molecule has 0 atom stereocenters. The smallest absolute Gasteiger partial charge is 0.228 e. The van der Waals surface area contributed by atoms with Gasteiger partial charge in [0.1, 0.15) is 5.75 Å². The lowest BCUT2D eigenvalue weighted by Gasteiger charge is -2.13. The Labute approximate surface area is 155 Å². The van der Waals surface area contributed by atoms with E-state index in [4.69, 9.17) is 4.74 Å². The standard InChI is InChI=1S/C21H18BrNO2/c1-25-16-12-10-15(11-13-16)14-21(24)23-20-9-5-3-7-18(20)17-6-2-4-8-19(17)22/h2-13H,14H2,1H3,(H,23,24). The van der Waals surface area contributed by atoms with Crippen molar-refractivity contribution in [3.63, 3.8) is 0 Å². The highest BCUT2D eigenvalue weighted by atomic mass is 79.9. The van der Waals surface area contributed by atoms with Crippen molar-refractivity contribution in [1.29, 1.82) is 0 Å². The van der Waals surface area contributed by atoms with Gasteiger partial charge >= 0.3 is 0 Å². The second-order valence-electron chi connectivity index (χ2n) is 5.60. The Kier molecular flexibility index (Phi) is 5.51. The van der Waals surface area contributed by atoms with Gasteiger partial charge in [0.05, 0.1) is 13.5 Å². The van der Waals surface area contributed by atoms with Crippen molar-refractivity contribution in [2.24, 2.45) is 0 Å². The average molecular weight is 396 g/mol. The van der Waals surface area contributed by atoms with Crippen molar-refractivity contribution in [1.82, 2.24) is 0 Å². The fourth-order valence-electron chi connectivity index (χ4n) is 2.63. The molecule has 0 aliphatic heterocycles. The number of para-hydroxylation sites is 1. The van der Waals surface area contributed by atoms with Crippen LogP contribution in [0.1, 0.15) is 5.56 Å². The summed E-state index contributed by atoms with van der Waals surface area (Å²) in [5, 5.41) is 3.02. The second-order valence-corrected chi connectivity index (χ2v) is 6.45. The van der Waals surface area contributed by atoms with Crippen LogP contribution in [-0.4, -0.2) is 13.0 Å². The van der Waals surface area contributed by atoms with Gasteiger partial charge in [-0.15, -0.1) is 0 Å². The molecule has 0 bridgehead atoms. The molecule has 1 amide bonds. The van der Waals surface area contributed by atoms with Crippen LogP contribution in [0.4, 0.5) is 5.69 Å². The first-order chi connectivity index (χ1) is 12.2. The van der Waals surface area contributed by atoms with Crippen molar-refractivity contribution in [3.8, 4) is 16.9 Å². The maximum absolute atomic E-state index is 12.5. The zero-order chi connectivity index (χ0) is 17.6. The summed E-state index contributed by atoms with van der Waals surface area (Å²) in [6.07, 6.45) is 0.314. The number of benzene rings is 3. The quantitative estimate of drug-likeness (QED) is 0.635. The van der Waals surface area contributed by atoms with Crippen LogP contribution >= 0.6 is 15.9 Å². The molecule has 0 aliphatic rings. The molecular weight excluding hydrogens is 378 g/mol. The lowest BCUT2D eigenvalue weighted by Crippen LogP contribution is -2.15. The molecule has 0 fully saturated rings. The zero-order valence-corrected chi connectivity index (χ0v) is 15.4. The summed E-state index contributed by atoms with van der Waals surface area (Å²) < 4.78 is 6.13. The summed E-state index contributed by atoms with van der Waals surface area (Å²) in [6.45, 7) is 0. The van der Waals surface area contributed by atoms with Crippen LogP contribution < -0.4 is 10.1 Å². The van der Waals surface area contributed by atoms with Gasteiger partial charge in [0.15, 0.2) is 0 Å². The van der Waals surface area contributed by atoms with Gasteiger partial charge in [-0.05, 0) is 35.4 Å². The van der Waals surface area contributed by atoms with Crippen LogP contribution in [0.15, 0.2) is 77.3 Å². The van der Waals surface area contributed by atoms with E-state index in [0.717, 1.165) is 32.6 Å². The van der Waals surface area contributed by atoms with Gasteiger partial charge in [-0.25, -0.2) is 0 Å². The van der Waals surface area contributed by atoms with E-state index in [1.54, 1.807) is 7.11 Å². The van der Waals surface area contributed by atoms with Crippen LogP contribution in [0.2, 0.25) is 0 Å². The maximum Gasteiger partial charge on any atom is 0.228 e. The Morgan fingerprint density at radius 2 is 1.56 bits per heavy atom. The van der Waals surface area contributed by atoms with E-state index in [2.05, 4.69) is 21.2 Å². The number of ether oxygens (including phenoxy) is 1. The van der Waals surface area contributed by atoms with Gasteiger partial charge in [0.2, 0.25) is 5.91 Å². The first-order valence-corrected chi connectivity index (χ1v) is 8.73. The number of nitrogens with one attached hydrogen (secondary N) is 1. The maximum atomic E-state index is 12.5. The fourth-order valence-corrected chi connectivity index (χ4v) is 3.13. The Balaban J connectivity index is 1.78. The van der Waals surface area contributed by atoms with Gasteiger partial charge in [-0.2, -0.15) is 0 Å². The molecule has 0 unspecified atom stereocenters. The lowest BCUT2D eigenvalue weighted by molar-refractivity contribution is -0.115. The summed E-state index contributed by atoms with van der Waals surface area (Å²) in [7, 11) is 1.63. The van der Waals surface area contributed by atoms with Crippen molar-refractivity contribution < 1.29 is 9.53 Å². The Morgan fingerprint density at radius 3 is 2.24 bits per heavy atom. The summed E-state index contributed by atoms with van der Waals surface area (Å²) in [5.74, 6) is 0.730. The number of anilines is 1. The molecule has 0 saturated carbocycles. The molecule has 3 nitrogen and oxygen atoms in total. The SMILES string of the molecule is COc1ccc(CC(=O)Nc2ccccc2-c2ccccc2Br)cc1. The van der Waals surface area contributed by atoms with Crippen molar-refractivity contribution in [3.05, 3.63) is 82.8 Å². The summed E-state index contributed by atoms with van der Waals surface area (Å²) in [4.78, 5) is 12.5. The molecule has 0 spiro atoms. The number of rotatable bonds is 5. The van der Waals surface area contributed by atoms with Crippen molar-refractivity contribution >= 4 is 27.5 Å². The predicted octanol–water partition coefficient (Wildman–Crippen LogP) is 5.31. The molecule has 3 aromatic carbocycles. The minimum Gasteiger partial charge on any atom is -0.497 e. The first-order valence-electron chi connectivity index (χ1n) is 7.94. The zero-order valence-electron chi connectivity index (χ0n) is 13.8. The summed E-state index contributed by atoms with van der Waals surface area (Å²) >= 11 is 3.58. The number of halogens is 1. The van der Waals surface area contributed by atoms with Crippen LogP contribution in [0.25, 0.3) is 11.1 Å². The van der Waals surface area contributed by atoms with Gasteiger partial charge in [0.25, 0.3) is 0 Å². The molecule has 3 rings (SSSR count). The highest BCUT2D eigenvalue weighted by molar-refractivity contribution is 9.10. The topological polar surface area (TPSA) is 38.3 Å². The second kappa shape index (κ2) is 7.99. The number of hydrogen-bond acceptors (Lipinski definition) is 2. The number of carbonyl (C=O) groups is 1. The molecular formula is C21H18BrNO2. The molecule has 0 aliphatic carbocycles. The Hall–Kier alpha value is -2.59. The average Bonchev–Trinajstić information content (AvgIpc) is 2.63. The van der Waals surface area contributed by atoms with E-state index >= 15 is 0 Å². The third-order valence-corrected chi connectivity index (χ3v) is 4.58. The fraction of sp³-hybridized carbons (Fsp3) is 0.0952.